The largest absolute Gasteiger partial charge is 0.457 e. The van der Waals surface area contributed by atoms with E-state index in [1.807, 2.05) is 4.72 Å². The maximum absolute atomic E-state index is 11.1. The van der Waals surface area contributed by atoms with E-state index >= 15 is 0 Å². The van der Waals surface area contributed by atoms with Gasteiger partial charge in [-0.15, -0.1) is 0 Å². The molecule has 10 nitrogen and oxygen atoms in total. The molecule has 0 aliphatic rings. The van der Waals surface area contributed by atoms with Crippen LogP contribution in [0.25, 0.3) is 11.3 Å². The molecule has 0 saturated heterocycles. The second-order valence-electron chi connectivity index (χ2n) is 6.72. The first kappa shape index (κ1) is 22.3. The molecule has 4 aromatic rings. The Morgan fingerprint density at radius 3 is 2.45 bits per heavy atom. The van der Waals surface area contributed by atoms with E-state index in [9.17, 15) is 8.42 Å². The van der Waals surface area contributed by atoms with Crippen LogP contribution in [0.1, 0.15) is 0 Å². The molecule has 4 rings (SSSR count). The Morgan fingerprint density at radius 2 is 1.73 bits per heavy atom. The number of nitrogen functional groups attached to an aromatic ring is 1. The number of ether oxygens (including phenoxy) is 1. The highest BCUT2D eigenvalue weighted by Crippen LogP contribution is 2.27. The molecule has 168 valence electrons. The summed E-state index contributed by atoms with van der Waals surface area (Å²) in [5, 5.41) is 3.47. The van der Waals surface area contributed by atoms with Crippen molar-refractivity contribution in [1.82, 2.24) is 15.0 Å². The number of pyridine rings is 1. The zero-order valence-electron chi connectivity index (χ0n) is 16.8. The quantitative estimate of drug-likeness (QED) is 0.219. The Kier molecular flexibility index (Phi) is 6.27. The molecule has 0 saturated carbocycles. The Labute approximate surface area is 194 Å². The van der Waals surface area contributed by atoms with Crippen LogP contribution in [0.5, 0.6) is 11.5 Å². The summed E-state index contributed by atoms with van der Waals surface area (Å²) in [6.07, 6.45) is 1.55. The van der Waals surface area contributed by atoms with E-state index in [1.54, 1.807) is 60.8 Å². The predicted octanol–water partition coefficient (Wildman–Crippen LogP) is 4.52. The third kappa shape index (κ3) is 6.29. The number of hydrogen-bond acceptors (Lipinski definition) is 8. The number of nitrogens with two attached hydrogens (primary N) is 1. The van der Waals surface area contributed by atoms with Crippen molar-refractivity contribution in [2.45, 2.75) is 0 Å². The molecule has 0 aliphatic heterocycles. The SMILES string of the molecule is Nc1nc(Nc2ccc(Oc3ccnc(Cl)c3)cc2)cc(-c2cccc(NS(=O)(=O)O)c2)n1. The molecule has 12 heteroatoms. The van der Waals surface area contributed by atoms with Crippen LogP contribution in [-0.4, -0.2) is 27.9 Å². The van der Waals surface area contributed by atoms with E-state index in [2.05, 4.69) is 20.3 Å². The number of anilines is 4. The van der Waals surface area contributed by atoms with Gasteiger partial charge < -0.3 is 15.8 Å². The highest BCUT2D eigenvalue weighted by atomic mass is 35.5. The van der Waals surface area contributed by atoms with Crippen molar-refractivity contribution in [3.63, 3.8) is 0 Å². The Morgan fingerprint density at radius 1 is 0.939 bits per heavy atom. The number of rotatable bonds is 7. The van der Waals surface area contributed by atoms with Gasteiger partial charge in [0.1, 0.15) is 22.5 Å². The van der Waals surface area contributed by atoms with Gasteiger partial charge in [0, 0.05) is 29.6 Å². The molecular formula is C21H17ClN6O4S. The second-order valence-corrected chi connectivity index (χ2v) is 8.26. The fraction of sp³-hybridized carbons (Fsp3) is 0. The number of nitrogens with one attached hydrogen (secondary N) is 2. The average molecular weight is 485 g/mol. The maximum Gasteiger partial charge on any atom is 0.357 e. The number of hydrogen-bond donors (Lipinski definition) is 4. The minimum atomic E-state index is -4.40. The fourth-order valence-corrected chi connectivity index (χ4v) is 3.50. The molecule has 0 unspecified atom stereocenters. The number of halogens is 1. The summed E-state index contributed by atoms with van der Waals surface area (Å²) >= 11 is 5.87. The molecule has 0 fully saturated rings. The van der Waals surface area contributed by atoms with Gasteiger partial charge in [-0.05, 0) is 42.5 Å². The van der Waals surface area contributed by atoms with Gasteiger partial charge in [0.05, 0.1) is 11.4 Å². The Balaban J connectivity index is 1.52. The lowest BCUT2D eigenvalue weighted by atomic mass is 10.1. The third-order valence-corrected chi connectivity index (χ3v) is 4.91. The molecular weight excluding hydrogens is 468 g/mol. The van der Waals surface area contributed by atoms with E-state index in [-0.39, 0.29) is 11.6 Å². The summed E-state index contributed by atoms with van der Waals surface area (Å²) in [6, 6.07) is 18.4. The van der Waals surface area contributed by atoms with Crippen molar-refractivity contribution in [2.75, 3.05) is 15.8 Å². The maximum atomic E-state index is 11.1. The smallest absolute Gasteiger partial charge is 0.357 e. The van der Waals surface area contributed by atoms with Crippen molar-refractivity contribution in [2.24, 2.45) is 0 Å². The van der Waals surface area contributed by atoms with Crippen molar-refractivity contribution in [3.05, 3.63) is 78.1 Å². The molecule has 33 heavy (non-hydrogen) atoms. The minimum absolute atomic E-state index is 0.0256. The van der Waals surface area contributed by atoms with Crippen molar-refractivity contribution >= 4 is 45.0 Å². The lowest BCUT2D eigenvalue weighted by Gasteiger charge is -2.11. The monoisotopic (exact) mass is 484 g/mol. The molecule has 0 atom stereocenters. The van der Waals surface area contributed by atoms with Crippen LogP contribution < -0.4 is 20.5 Å². The molecule has 2 aromatic carbocycles. The van der Waals surface area contributed by atoms with E-state index in [0.29, 0.717) is 33.7 Å². The summed E-state index contributed by atoms with van der Waals surface area (Å²) in [4.78, 5) is 12.3. The van der Waals surface area contributed by atoms with Crippen LogP contribution in [-0.2, 0) is 10.3 Å². The summed E-state index contributed by atoms with van der Waals surface area (Å²) in [5.41, 5.74) is 7.79. The van der Waals surface area contributed by atoms with Crippen LogP contribution in [0.15, 0.2) is 72.9 Å². The topological polar surface area (TPSA) is 152 Å². The molecule has 2 heterocycles. The minimum Gasteiger partial charge on any atom is -0.457 e. The van der Waals surface area contributed by atoms with Crippen LogP contribution in [0.4, 0.5) is 23.1 Å². The standard InChI is InChI=1S/C21H17ClN6O4S/c22-19-11-17(8-9-24-19)32-16-6-4-14(5-7-16)25-20-12-18(26-21(23)27-20)13-2-1-3-15(10-13)28-33(29,30)31/h1-12,28H,(H,29,30,31)(H3,23,25,26,27). The number of benzene rings is 2. The van der Waals surface area contributed by atoms with Gasteiger partial charge in [-0.25, -0.2) is 9.97 Å². The predicted molar refractivity (Wildman–Crippen MR) is 126 cm³/mol. The highest BCUT2D eigenvalue weighted by Gasteiger charge is 2.09. The molecule has 0 radical (unpaired) electrons. The van der Waals surface area contributed by atoms with Crippen LogP contribution >= 0.6 is 11.6 Å². The molecule has 5 N–H and O–H groups in total. The van der Waals surface area contributed by atoms with Crippen LogP contribution in [0, 0.1) is 0 Å². The average Bonchev–Trinajstić information content (AvgIpc) is 2.74. The van der Waals surface area contributed by atoms with E-state index in [4.69, 9.17) is 26.6 Å². The van der Waals surface area contributed by atoms with Gasteiger partial charge >= 0.3 is 10.3 Å². The van der Waals surface area contributed by atoms with Gasteiger partial charge in [0.15, 0.2) is 0 Å². The first-order valence-electron chi connectivity index (χ1n) is 9.40. The Bertz CT molecular complexity index is 1400. The zero-order valence-corrected chi connectivity index (χ0v) is 18.4. The van der Waals surface area contributed by atoms with Gasteiger partial charge in [-0.3, -0.25) is 9.27 Å². The summed E-state index contributed by atoms with van der Waals surface area (Å²) < 4.78 is 38.9. The lowest BCUT2D eigenvalue weighted by molar-refractivity contribution is 0.482. The first-order chi connectivity index (χ1) is 15.7. The highest BCUT2D eigenvalue weighted by molar-refractivity contribution is 7.87. The molecule has 0 amide bonds. The van der Waals surface area contributed by atoms with Crippen molar-refractivity contribution < 1.29 is 17.7 Å². The normalized spacial score (nSPS) is 11.1. The zero-order chi connectivity index (χ0) is 23.4. The molecule has 0 spiro atoms. The van der Waals surface area contributed by atoms with E-state index in [1.165, 1.54) is 12.1 Å². The van der Waals surface area contributed by atoms with Gasteiger partial charge in [0.2, 0.25) is 5.95 Å². The summed E-state index contributed by atoms with van der Waals surface area (Å²) in [6.45, 7) is 0. The first-order valence-corrected chi connectivity index (χ1v) is 11.2. The molecule has 0 bridgehead atoms. The third-order valence-electron chi connectivity index (χ3n) is 4.21. The Hall–Kier alpha value is -3.93. The molecule has 2 aromatic heterocycles. The second kappa shape index (κ2) is 9.28. The van der Waals surface area contributed by atoms with Crippen molar-refractivity contribution in [1.29, 1.82) is 0 Å². The summed E-state index contributed by atoms with van der Waals surface area (Å²) in [5.74, 6) is 1.63. The fourth-order valence-electron chi connectivity index (χ4n) is 2.91. The van der Waals surface area contributed by atoms with E-state index < -0.39 is 10.3 Å². The number of nitrogens with zero attached hydrogens (tertiary/aromatic N) is 3. The van der Waals surface area contributed by atoms with E-state index in [0.717, 1.165) is 5.69 Å². The number of aromatic nitrogens is 3. The van der Waals surface area contributed by atoms with Gasteiger partial charge in [-0.2, -0.15) is 13.4 Å². The summed E-state index contributed by atoms with van der Waals surface area (Å²) in [7, 11) is -4.40. The van der Waals surface area contributed by atoms with Gasteiger partial charge in [0.25, 0.3) is 0 Å². The van der Waals surface area contributed by atoms with Crippen LogP contribution in [0.2, 0.25) is 5.15 Å². The molecule has 0 aliphatic carbocycles. The van der Waals surface area contributed by atoms with Crippen LogP contribution in [0.3, 0.4) is 0 Å². The lowest BCUT2D eigenvalue weighted by Crippen LogP contribution is -2.10. The van der Waals surface area contributed by atoms with Gasteiger partial charge in [-0.1, -0.05) is 23.7 Å². The van der Waals surface area contributed by atoms with Crippen molar-refractivity contribution in [3.8, 4) is 22.8 Å².